The average molecular weight is 227 g/mol. The van der Waals surface area contributed by atoms with Gasteiger partial charge in [-0.05, 0) is 24.1 Å². The molecular formula is C15H17NO. The summed E-state index contributed by atoms with van der Waals surface area (Å²) in [5.74, 6) is 0. The highest BCUT2D eigenvalue weighted by atomic mass is 16.3. The van der Waals surface area contributed by atoms with Crippen LogP contribution in [0.1, 0.15) is 18.2 Å². The maximum absolute atomic E-state index is 8.91. The third-order valence-electron chi connectivity index (χ3n) is 2.83. The van der Waals surface area contributed by atoms with Gasteiger partial charge in [-0.2, -0.15) is 0 Å². The normalized spacial score (nSPS) is 10.5. The SMILES string of the molecule is CCc1ccc(-c2cccc(CCO)n2)cc1. The monoisotopic (exact) mass is 227 g/mol. The Hall–Kier alpha value is -1.67. The highest BCUT2D eigenvalue weighted by Crippen LogP contribution is 2.18. The molecule has 0 spiro atoms. The number of nitrogens with zero attached hydrogens (tertiary/aromatic N) is 1. The van der Waals surface area contributed by atoms with Crippen molar-refractivity contribution in [2.45, 2.75) is 19.8 Å². The molecule has 0 bridgehead atoms. The Morgan fingerprint density at radius 2 is 1.82 bits per heavy atom. The molecule has 0 radical (unpaired) electrons. The van der Waals surface area contributed by atoms with E-state index in [4.69, 9.17) is 5.11 Å². The van der Waals surface area contributed by atoms with Gasteiger partial charge in [-0.15, -0.1) is 0 Å². The molecule has 0 fully saturated rings. The summed E-state index contributed by atoms with van der Waals surface area (Å²) in [6.07, 6.45) is 1.67. The molecule has 1 aromatic heterocycles. The zero-order valence-electron chi connectivity index (χ0n) is 10.1. The minimum atomic E-state index is 0.144. The first-order valence-corrected chi connectivity index (χ1v) is 5.99. The van der Waals surface area contributed by atoms with Crippen LogP contribution in [0.3, 0.4) is 0 Å². The van der Waals surface area contributed by atoms with E-state index in [1.807, 2.05) is 18.2 Å². The molecule has 0 unspecified atom stereocenters. The fourth-order valence-electron chi connectivity index (χ4n) is 1.81. The average Bonchev–Trinajstić information content (AvgIpc) is 2.40. The van der Waals surface area contributed by atoms with Gasteiger partial charge in [0.15, 0.2) is 0 Å². The summed E-state index contributed by atoms with van der Waals surface area (Å²) >= 11 is 0. The van der Waals surface area contributed by atoms with Gasteiger partial charge in [-0.25, -0.2) is 0 Å². The smallest absolute Gasteiger partial charge is 0.0705 e. The van der Waals surface area contributed by atoms with Crippen molar-refractivity contribution in [1.29, 1.82) is 0 Å². The molecule has 88 valence electrons. The lowest BCUT2D eigenvalue weighted by Crippen LogP contribution is -1.95. The van der Waals surface area contributed by atoms with Gasteiger partial charge in [0.2, 0.25) is 0 Å². The molecule has 17 heavy (non-hydrogen) atoms. The summed E-state index contributed by atoms with van der Waals surface area (Å²) in [6, 6.07) is 14.4. The number of pyridine rings is 1. The molecule has 1 heterocycles. The zero-order valence-corrected chi connectivity index (χ0v) is 10.1. The number of hydrogen-bond donors (Lipinski definition) is 1. The first kappa shape index (κ1) is 11.8. The van der Waals surface area contributed by atoms with E-state index in [9.17, 15) is 0 Å². The number of aliphatic hydroxyl groups excluding tert-OH is 1. The molecule has 0 atom stereocenters. The molecule has 2 aromatic rings. The van der Waals surface area contributed by atoms with Gasteiger partial charge in [-0.3, -0.25) is 4.98 Å². The number of aryl methyl sites for hydroxylation is 1. The molecule has 2 heteroatoms. The molecule has 0 aliphatic heterocycles. The highest BCUT2D eigenvalue weighted by molar-refractivity contribution is 5.59. The predicted molar refractivity (Wildman–Crippen MR) is 69.8 cm³/mol. The van der Waals surface area contributed by atoms with Crippen molar-refractivity contribution in [2.75, 3.05) is 6.61 Å². The van der Waals surface area contributed by atoms with Crippen molar-refractivity contribution in [1.82, 2.24) is 4.98 Å². The molecule has 0 aliphatic rings. The second-order valence-corrected chi connectivity index (χ2v) is 4.04. The fraction of sp³-hybridized carbons (Fsp3) is 0.267. The van der Waals surface area contributed by atoms with E-state index in [-0.39, 0.29) is 6.61 Å². The summed E-state index contributed by atoms with van der Waals surface area (Å²) in [7, 11) is 0. The van der Waals surface area contributed by atoms with Crippen molar-refractivity contribution in [3.8, 4) is 11.3 Å². The highest BCUT2D eigenvalue weighted by Gasteiger charge is 2.00. The largest absolute Gasteiger partial charge is 0.396 e. The van der Waals surface area contributed by atoms with Crippen LogP contribution in [0.5, 0.6) is 0 Å². The Morgan fingerprint density at radius 1 is 1.06 bits per heavy atom. The number of aliphatic hydroxyl groups is 1. The van der Waals surface area contributed by atoms with Gasteiger partial charge < -0.3 is 5.11 Å². The molecule has 2 rings (SSSR count). The minimum absolute atomic E-state index is 0.144. The van der Waals surface area contributed by atoms with E-state index in [2.05, 4.69) is 36.2 Å². The van der Waals surface area contributed by atoms with Crippen molar-refractivity contribution in [2.24, 2.45) is 0 Å². The number of rotatable bonds is 4. The van der Waals surface area contributed by atoms with Crippen molar-refractivity contribution >= 4 is 0 Å². The molecule has 0 amide bonds. The van der Waals surface area contributed by atoms with Crippen LogP contribution < -0.4 is 0 Å². The summed E-state index contributed by atoms with van der Waals surface area (Å²) in [4.78, 5) is 4.53. The van der Waals surface area contributed by atoms with Crippen LogP contribution >= 0.6 is 0 Å². The number of aromatic nitrogens is 1. The minimum Gasteiger partial charge on any atom is -0.396 e. The Bertz CT molecular complexity index is 477. The van der Waals surface area contributed by atoms with Crippen LogP contribution in [-0.4, -0.2) is 16.7 Å². The standard InChI is InChI=1S/C15H17NO/c1-2-12-6-8-13(9-7-12)15-5-3-4-14(16-15)10-11-17/h3-9,17H,2,10-11H2,1H3. The Kier molecular flexibility index (Phi) is 3.89. The summed E-state index contributed by atoms with van der Waals surface area (Å²) in [5, 5.41) is 8.91. The first-order valence-electron chi connectivity index (χ1n) is 5.99. The van der Waals surface area contributed by atoms with Gasteiger partial charge >= 0.3 is 0 Å². The van der Waals surface area contributed by atoms with Crippen molar-refractivity contribution in [3.63, 3.8) is 0 Å². The van der Waals surface area contributed by atoms with Crippen LogP contribution in [0, 0.1) is 0 Å². The van der Waals surface area contributed by atoms with Gasteiger partial charge in [0.05, 0.1) is 5.69 Å². The third kappa shape index (κ3) is 2.92. The molecule has 2 nitrogen and oxygen atoms in total. The van der Waals surface area contributed by atoms with Gasteiger partial charge in [0.25, 0.3) is 0 Å². The maximum atomic E-state index is 8.91. The van der Waals surface area contributed by atoms with E-state index in [0.717, 1.165) is 23.4 Å². The van der Waals surface area contributed by atoms with E-state index < -0.39 is 0 Å². The lowest BCUT2D eigenvalue weighted by Gasteiger charge is -2.04. The Balaban J connectivity index is 2.28. The van der Waals surface area contributed by atoms with Crippen molar-refractivity contribution < 1.29 is 5.11 Å². The van der Waals surface area contributed by atoms with Crippen LogP contribution in [0.4, 0.5) is 0 Å². The number of benzene rings is 1. The molecule has 0 aliphatic carbocycles. The summed E-state index contributed by atoms with van der Waals surface area (Å²) in [5.41, 5.74) is 4.37. The first-order chi connectivity index (χ1) is 8.33. The third-order valence-corrected chi connectivity index (χ3v) is 2.83. The van der Waals surface area contributed by atoms with Gasteiger partial charge in [0, 0.05) is 24.3 Å². The lowest BCUT2D eigenvalue weighted by atomic mass is 10.1. The van der Waals surface area contributed by atoms with Crippen molar-refractivity contribution in [3.05, 3.63) is 53.7 Å². The van der Waals surface area contributed by atoms with Gasteiger partial charge in [-0.1, -0.05) is 37.3 Å². The predicted octanol–water partition coefficient (Wildman–Crippen LogP) is 2.85. The van der Waals surface area contributed by atoms with Crippen LogP contribution in [0.2, 0.25) is 0 Å². The Morgan fingerprint density at radius 3 is 2.47 bits per heavy atom. The molecular weight excluding hydrogens is 210 g/mol. The molecule has 1 N–H and O–H groups in total. The fourth-order valence-corrected chi connectivity index (χ4v) is 1.81. The number of hydrogen-bond acceptors (Lipinski definition) is 2. The van der Waals surface area contributed by atoms with Crippen LogP contribution in [0.25, 0.3) is 11.3 Å². The van der Waals surface area contributed by atoms with Gasteiger partial charge in [0.1, 0.15) is 0 Å². The van der Waals surface area contributed by atoms with Crippen LogP contribution in [-0.2, 0) is 12.8 Å². The zero-order chi connectivity index (χ0) is 12.1. The topological polar surface area (TPSA) is 33.1 Å². The van der Waals surface area contributed by atoms with E-state index in [0.29, 0.717) is 6.42 Å². The lowest BCUT2D eigenvalue weighted by molar-refractivity contribution is 0.298. The van der Waals surface area contributed by atoms with E-state index >= 15 is 0 Å². The maximum Gasteiger partial charge on any atom is 0.0705 e. The molecule has 1 aromatic carbocycles. The molecule has 0 saturated heterocycles. The Labute approximate surface area is 102 Å². The van der Waals surface area contributed by atoms with E-state index in [1.165, 1.54) is 5.56 Å². The quantitative estimate of drug-likeness (QED) is 0.871. The summed E-state index contributed by atoms with van der Waals surface area (Å²) < 4.78 is 0. The summed E-state index contributed by atoms with van der Waals surface area (Å²) in [6.45, 7) is 2.29. The molecule has 0 saturated carbocycles. The van der Waals surface area contributed by atoms with E-state index in [1.54, 1.807) is 0 Å². The second kappa shape index (κ2) is 5.60. The second-order valence-electron chi connectivity index (χ2n) is 4.04. The van der Waals surface area contributed by atoms with Crippen LogP contribution in [0.15, 0.2) is 42.5 Å².